The molecule has 0 amide bonds. The summed E-state index contributed by atoms with van der Waals surface area (Å²) in [6.07, 6.45) is 9.96. The lowest BCUT2D eigenvalue weighted by molar-refractivity contribution is 0.122. The molecule has 0 unspecified atom stereocenters. The number of hydrogen-bond donors (Lipinski definition) is 0. The predicted molar refractivity (Wildman–Crippen MR) is 75.7 cm³/mol. The van der Waals surface area contributed by atoms with Gasteiger partial charge in [-0.3, -0.25) is 0 Å². The van der Waals surface area contributed by atoms with E-state index in [9.17, 15) is 0 Å². The first-order valence-electron chi connectivity index (χ1n) is 7.63. The van der Waals surface area contributed by atoms with Gasteiger partial charge in [-0.2, -0.15) is 0 Å². The SMILES string of the molecule is [c]1cccc(C2CCN(C3CCCCC3)CC2)c1. The molecule has 0 spiro atoms. The third kappa shape index (κ3) is 2.77. The lowest BCUT2D eigenvalue weighted by atomic mass is 9.87. The Balaban J connectivity index is 1.54. The van der Waals surface area contributed by atoms with E-state index < -0.39 is 0 Å². The summed E-state index contributed by atoms with van der Waals surface area (Å²) in [4.78, 5) is 2.77. The van der Waals surface area contributed by atoms with Crippen molar-refractivity contribution in [3.05, 3.63) is 35.9 Å². The second-order valence-corrected chi connectivity index (χ2v) is 5.94. The zero-order chi connectivity index (χ0) is 12.2. The van der Waals surface area contributed by atoms with Crippen molar-refractivity contribution in [2.75, 3.05) is 13.1 Å². The van der Waals surface area contributed by atoms with Crippen LogP contribution in [0.15, 0.2) is 24.3 Å². The molecule has 1 heteroatoms. The molecule has 1 radical (unpaired) electrons. The molecule has 1 saturated carbocycles. The van der Waals surface area contributed by atoms with E-state index >= 15 is 0 Å². The van der Waals surface area contributed by atoms with Gasteiger partial charge in [0.1, 0.15) is 0 Å². The van der Waals surface area contributed by atoms with Crippen molar-refractivity contribution >= 4 is 0 Å². The molecule has 2 fully saturated rings. The summed E-state index contributed by atoms with van der Waals surface area (Å²) >= 11 is 0. The van der Waals surface area contributed by atoms with Gasteiger partial charge < -0.3 is 4.90 Å². The maximum atomic E-state index is 3.22. The highest BCUT2D eigenvalue weighted by Crippen LogP contribution is 2.31. The smallest absolute Gasteiger partial charge is 0.00952 e. The fraction of sp³-hybridized carbons (Fsp3) is 0.647. The van der Waals surface area contributed by atoms with Gasteiger partial charge >= 0.3 is 0 Å². The van der Waals surface area contributed by atoms with Crippen molar-refractivity contribution in [2.45, 2.75) is 56.9 Å². The van der Waals surface area contributed by atoms with Gasteiger partial charge in [0.25, 0.3) is 0 Å². The molecule has 2 aliphatic rings. The molecule has 18 heavy (non-hydrogen) atoms. The van der Waals surface area contributed by atoms with E-state index in [2.05, 4.69) is 29.2 Å². The quantitative estimate of drug-likeness (QED) is 0.757. The minimum Gasteiger partial charge on any atom is -0.300 e. The van der Waals surface area contributed by atoms with Crippen molar-refractivity contribution in [1.29, 1.82) is 0 Å². The van der Waals surface area contributed by atoms with Gasteiger partial charge in [0.05, 0.1) is 0 Å². The Hall–Kier alpha value is -0.820. The van der Waals surface area contributed by atoms with Crippen LogP contribution in [-0.4, -0.2) is 24.0 Å². The first-order valence-corrected chi connectivity index (χ1v) is 7.63. The number of nitrogens with zero attached hydrogens (tertiary/aromatic N) is 1. The highest BCUT2D eigenvalue weighted by molar-refractivity contribution is 5.19. The standard InChI is InChI=1S/C17H24N/c1-3-7-15(8-4-1)16-11-13-18(14-12-16)17-9-5-2-6-10-17/h1,3,7-8,16-17H,2,5-6,9-14H2. The van der Waals surface area contributed by atoms with Crippen molar-refractivity contribution in [3.8, 4) is 0 Å². The van der Waals surface area contributed by atoms with Crippen LogP contribution >= 0.6 is 0 Å². The molecule has 1 saturated heterocycles. The molecule has 1 aromatic carbocycles. The van der Waals surface area contributed by atoms with Gasteiger partial charge in [0, 0.05) is 6.04 Å². The number of hydrogen-bond acceptors (Lipinski definition) is 1. The molecule has 1 aliphatic carbocycles. The lowest BCUT2D eigenvalue weighted by Crippen LogP contribution is -2.41. The first kappa shape index (κ1) is 12.2. The Morgan fingerprint density at radius 1 is 1.00 bits per heavy atom. The second kappa shape index (κ2) is 5.88. The van der Waals surface area contributed by atoms with Crippen molar-refractivity contribution in [3.63, 3.8) is 0 Å². The number of benzene rings is 1. The molecule has 97 valence electrons. The van der Waals surface area contributed by atoms with Crippen LogP contribution < -0.4 is 0 Å². The maximum Gasteiger partial charge on any atom is 0.00952 e. The molecular formula is C17H24N. The van der Waals surface area contributed by atoms with Gasteiger partial charge in [0.2, 0.25) is 0 Å². The Morgan fingerprint density at radius 2 is 1.78 bits per heavy atom. The van der Waals surface area contributed by atoms with Crippen LogP contribution in [0.25, 0.3) is 0 Å². The van der Waals surface area contributed by atoms with Crippen LogP contribution in [-0.2, 0) is 0 Å². The summed E-state index contributed by atoms with van der Waals surface area (Å²) in [7, 11) is 0. The normalized spacial score (nSPS) is 24.2. The largest absolute Gasteiger partial charge is 0.300 e. The Kier molecular flexibility index (Phi) is 3.99. The van der Waals surface area contributed by atoms with E-state index in [1.54, 1.807) is 0 Å². The van der Waals surface area contributed by atoms with Crippen LogP contribution in [0.2, 0.25) is 0 Å². The molecule has 1 aliphatic heterocycles. The summed E-state index contributed by atoms with van der Waals surface area (Å²) in [5.74, 6) is 0.780. The predicted octanol–water partition coefficient (Wildman–Crippen LogP) is 4.00. The first-order chi connectivity index (χ1) is 8.93. The van der Waals surface area contributed by atoms with Gasteiger partial charge in [0.15, 0.2) is 0 Å². The molecule has 0 aromatic heterocycles. The maximum absolute atomic E-state index is 3.22. The summed E-state index contributed by atoms with van der Waals surface area (Å²) < 4.78 is 0. The van der Waals surface area contributed by atoms with Gasteiger partial charge in [-0.25, -0.2) is 0 Å². The average molecular weight is 242 g/mol. The highest BCUT2D eigenvalue weighted by Gasteiger charge is 2.26. The second-order valence-electron chi connectivity index (χ2n) is 5.94. The van der Waals surface area contributed by atoms with Crippen LogP contribution in [0.5, 0.6) is 0 Å². The Morgan fingerprint density at radius 3 is 2.44 bits per heavy atom. The summed E-state index contributed by atoms with van der Waals surface area (Å²) in [5, 5.41) is 0. The van der Waals surface area contributed by atoms with Crippen LogP contribution in [0.3, 0.4) is 0 Å². The van der Waals surface area contributed by atoms with Crippen LogP contribution in [0.4, 0.5) is 0 Å². The third-order valence-electron chi connectivity index (χ3n) is 4.82. The zero-order valence-electron chi connectivity index (χ0n) is 11.3. The summed E-state index contributed by atoms with van der Waals surface area (Å²) in [5.41, 5.74) is 1.50. The van der Waals surface area contributed by atoms with E-state index in [1.807, 2.05) is 6.07 Å². The number of likely N-dealkylation sites (tertiary alicyclic amines) is 1. The number of piperidine rings is 1. The molecule has 0 atom stereocenters. The lowest BCUT2D eigenvalue weighted by Gasteiger charge is -2.39. The van der Waals surface area contributed by atoms with E-state index in [0.717, 1.165) is 12.0 Å². The Labute approximate surface area is 111 Å². The monoisotopic (exact) mass is 242 g/mol. The van der Waals surface area contributed by atoms with Crippen molar-refractivity contribution in [2.24, 2.45) is 0 Å². The molecular weight excluding hydrogens is 218 g/mol. The van der Waals surface area contributed by atoms with Gasteiger partial charge in [-0.05, 0) is 56.3 Å². The third-order valence-corrected chi connectivity index (χ3v) is 4.82. The van der Waals surface area contributed by atoms with Crippen LogP contribution in [0, 0.1) is 6.07 Å². The molecule has 0 N–H and O–H groups in total. The minimum absolute atomic E-state index is 0.780. The van der Waals surface area contributed by atoms with Crippen molar-refractivity contribution < 1.29 is 0 Å². The van der Waals surface area contributed by atoms with Crippen LogP contribution in [0.1, 0.15) is 56.4 Å². The Bertz CT molecular complexity index is 345. The topological polar surface area (TPSA) is 3.24 Å². The molecule has 0 bridgehead atoms. The minimum atomic E-state index is 0.780. The van der Waals surface area contributed by atoms with E-state index in [4.69, 9.17) is 0 Å². The molecule has 1 aromatic rings. The van der Waals surface area contributed by atoms with Gasteiger partial charge in [-0.1, -0.05) is 43.5 Å². The van der Waals surface area contributed by atoms with E-state index in [0.29, 0.717) is 0 Å². The molecule has 1 heterocycles. The fourth-order valence-corrected chi connectivity index (χ4v) is 3.71. The van der Waals surface area contributed by atoms with Crippen molar-refractivity contribution in [1.82, 2.24) is 4.90 Å². The fourth-order valence-electron chi connectivity index (χ4n) is 3.71. The van der Waals surface area contributed by atoms with E-state index in [1.165, 1.54) is 63.6 Å². The summed E-state index contributed by atoms with van der Waals surface area (Å²) in [6.45, 7) is 2.62. The molecule has 3 rings (SSSR count). The van der Waals surface area contributed by atoms with Gasteiger partial charge in [-0.15, -0.1) is 0 Å². The molecule has 1 nitrogen and oxygen atoms in total. The highest BCUT2D eigenvalue weighted by atomic mass is 15.2. The average Bonchev–Trinajstić information content (AvgIpc) is 2.49. The zero-order valence-corrected chi connectivity index (χ0v) is 11.3. The number of rotatable bonds is 2. The summed E-state index contributed by atoms with van der Waals surface area (Å²) in [6, 6.07) is 12.7. The van der Waals surface area contributed by atoms with E-state index in [-0.39, 0.29) is 0 Å².